The highest BCUT2D eigenvalue weighted by Gasteiger charge is 2.50. The molecule has 4 aliphatic carbocycles. The van der Waals surface area contributed by atoms with Crippen molar-refractivity contribution in [2.24, 2.45) is 17.8 Å². The first-order valence-electron chi connectivity index (χ1n) is 8.88. The highest BCUT2D eigenvalue weighted by molar-refractivity contribution is 5.78. The van der Waals surface area contributed by atoms with E-state index in [1.54, 1.807) is 0 Å². The maximum Gasteiger partial charge on any atom is 0.0705 e. The second-order valence-corrected chi connectivity index (χ2v) is 8.05. The molecule has 0 saturated heterocycles. The van der Waals surface area contributed by atoms with Gasteiger partial charge in [0, 0.05) is 17.5 Å². The topological polar surface area (TPSA) is 24.9 Å². The van der Waals surface area contributed by atoms with E-state index in [4.69, 9.17) is 4.98 Å². The molecule has 0 unspecified atom stereocenters. The van der Waals surface area contributed by atoms with Crippen molar-refractivity contribution in [3.63, 3.8) is 0 Å². The Kier molecular flexibility index (Phi) is 2.85. The molecular weight excluding hydrogens is 268 g/mol. The molecule has 0 spiro atoms. The number of para-hydroxylation sites is 1. The van der Waals surface area contributed by atoms with Gasteiger partial charge in [0.15, 0.2) is 0 Å². The Balaban J connectivity index is 1.35. The van der Waals surface area contributed by atoms with Crippen molar-refractivity contribution in [3.8, 4) is 0 Å². The molecule has 2 nitrogen and oxygen atoms in total. The fourth-order valence-corrected chi connectivity index (χ4v) is 5.81. The first kappa shape index (κ1) is 13.1. The van der Waals surface area contributed by atoms with E-state index in [9.17, 15) is 0 Å². The largest absolute Gasteiger partial charge is 0.306 e. The third-order valence-corrected chi connectivity index (χ3v) is 6.34. The second kappa shape index (κ2) is 4.79. The van der Waals surface area contributed by atoms with E-state index in [0.717, 1.165) is 29.8 Å². The Bertz CT molecular complexity index is 670. The van der Waals surface area contributed by atoms with Crippen LogP contribution in [-0.2, 0) is 6.54 Å². The van der Waals surface area contributed by atoms with Crippen LogP contribution in [0.1, 0.15) is 44.2 Å². The van der Waals surface area contributed by atoms with Crippen molar-refractivity contribution in [1.29, 1.82) is 0 Å². The van der Waals surface area contributed by atoms with E-state index in [2.05, 4.69) is 41.7 Å². The lowest BCUT2D eigenvalue weighted by Gasteiger charge is -2.57. The van der Waals surface area contributed by atoms with Crippen molar-refractivity contribution in [2.75, 3.05) is 0 Å². The van der Waals surface area contributed by atoms with Gasteiger partial charge in [0.1, 0.15) is 0 Å². The number of benzene rings is 1. The average Bonchev–Trinajstić information content (AvgIpc) is 2.52. The monoisotopic (exact) mass is 292 g/mol. The summed E-state index contributed by atoms with van der Waals surface area (Å²) < 4.78 is 0. The standard InChI is InChI=1S/C20H24N2/c1-2-4-19-17(3-1)5-6-18(22-19)13-21-20-10-14-7-15(11-20)9-16(8-14)12-20/h1-6,14-16,21H,7-13H2. The van der Waals surface area contributed by atoms with E-state index in [1.807, 2.05) is 0 Å². The molecule has 6 rings (SSSR count). The van der Waals surface area contributed by atoms with Crippen LogP contribution in [0, 0.1) is 17.8 Å². The highest BCUT2D eigenvalue weighted by Crippen LogP contribution is 2.55. The van der Waals surface area contributed by atoms with Crippen LogP contribution >= 0.6 is 0 Å². The SMILES string of the molecule is c1ccc2nc(CNC34CC5CC(CC(C5)C3)C4)ccc2c1. The number of hydrogen-bond acceptors (Lipinski definition) is 2. The zero-order valence-electron chi connectivity index (χ0n) is 13.1. The first-order chi connectivity index (χ1) is 10.8. The van der Waals surface area contributed by atoms with Gasteiger partial charge >= 0.3 is 0 Å². The van der Waals surface area contributed by atoms with Gasteiger partial charge in [0.2, 0.25) is 0 Å². The summed E-state index contributed by atoms with van der Waals surface area (Å²) in [5.74, 6) is 3.01. The maximum absolute atomic E-state index is 4.83. The van der Waals surface area contributed by atoms with Crippen LogP contribution in [0.3, 0.4) is 0 Å². The van der Waals surface area contributed by atoms with Gasteiger partial charge < -0.3 is 5.32 Å². The Hall–Kier alpha value is -1.41. The van der Waals surface area contributed by atoms with Gasteiger partial charge in [-0.05, 0) is 68.4 Å². The van der Waals surface area contributed by atoms with E-state index in [1.165, 1.54) is 49.6 Å². The predicted octanol–water partition coefficient (Wildman–Crippen LogP) is 4.29. The number of nitrogens with zero attached hydrogens (tertiary/aromatic N) is 1. The van der Waals surface area contributed by atoms with Crippen molar-refractivity contribution in [2.45, 2.75) is 50.6 Å². The Morgan fingerprint density at radius 1 is 0.909 bits per heavy atom. The molecule has 22 heavy (non-hydrogen) atoms. The Labute approximate surface area is 132 Å². The summed E-state index contributed by atoms with van der Waals surface area (Å²) in [6, 6.07) is 12.8. The molecule has 2 aromatic rings. The van der Waals surface area contributed by atoms with Crippen molar-refractivity contribution < 1.29 is 0 Å². The lowest BCUT2D eigenvalue weighted by molar-refractivity contribution is -0.0207. The summed E-state index contributed by atoms with van der Waals surface area (Å²) in [7, 11) is 0. The molecule has 1 heterocycles. The molecule has 2 heteroatoms. The molecule has 4 aliphatic rings. The minimum absolute atomic E-state index is 0.433. The first-order valence-corrected chi connectivity index (χ1v) is 8.88. The van der Waals surface area contributed by atoms with Crippen LogP contribution in [0.5, 0.6) is 0 Å². The van der Waals surface area contributed by atoms with Crippen LogP contribution in [0.15, 0.2) is 36.4 Å². The van der Waals surface area contributed by atoms with Crippen molar-refractivity contribution in [1.82, 2.24) is 10.3 Å². The summed E-state index contributed by atoms with van der Waals surface area (Å²) >= 11 is 0. The molecule has 4 bridgehead atoms. The fraction of sp³-hybridized carbons (Fsp3) is 0.550. The molecule has 1 N–H and O–H groups in total. The molecule has 1 aromatic heterocycles. The quantitative estimate of drug-likeness (QED) is 0.912. The Morgan fingerprint density at radius 2 is 1.59 bits per heavy atom. The van der Waals surface area contributed by atoms with Crippen molar-refractivity contribution >= 4 is 10.9 Å². The molecule has 0 radical (unpaired) electrons. The molecule has 4 fully saturated rings. The number of rotatable bonds is 3. The van der Waals surface area contributed by atoms with Gasteiger partial charge in [-0.1, -0.05) is 24.3 Å². The molecular formula is C20H24N2. The smallest absolute Gasteiger partial charge is 0.0705 e. The zero-order valence-corrected chi connectivity index (χ0v) is 13.1. The van der Waals surface area contributed by atoms with Crippen LogP contribution in [-0.4, -0.2) is 10.5 Å². The van der Waals surface area contributed by atoms with Gasteiger partial charge in [-0.15, -0.1) is 0 Å². The molecule has 0 amide bonds. The van der Waals surface area contributed by atoms with Gasteiger partial charge in [0.25, 0.3) is 0 Å². The summed E-state index contributed by atoms with van der Waals surface area (Å²) in [4.78, 5) is 4.83. The molecule has 4 saturated carbocycles. The molecule has 0 atom stereocenters. The third-order valence-electron chi connectivity index (χ3n) is 6.34. The van der Waals surface area contributed by atoms with Gasteiger partial charge in [-0.25, -0.2) is 0 Å². The van der Waals surface area contributed by atoms with E-state index in [-0.39, 0.29) is 0 Å². The summed E-state index contributed by atoms with van der Waals surface area (Å²) in [5, 5.41) is 5.18. The average molecular weight is 292 g/mol. The number of nitrogens with one attached hydrogen (secondary N) is 1. The number of aromatic nitrogens is 1. The summed E-state index contributed by atoms with van der Waals surface area (Å²) in [6.45, 7) is 0.928. The third kappa shape index (κ3) is 2.16. The summed E-state index contributed by atoms with van der Waals surface area (Å²) in [5.41, 5.74) is 2.74. The minimum atomic E-state index is 0.433. The van der Waals surface area contributed by atoms with Crippen LogP contribution < -0.4 is 5.32 Å². The lowest BCUT2D eigenvalue weighted by atomic mass is 9.53. The van der Waals surface area contributed by atoms with Gasteiger partial charge in [0.05, 0.1) is 11.2 Å². The van der Waals surface area contributed by atoms with Crippen LogP contribution in [0.25, 0.3) is 10.9 Å². The van der Waals surface area contributed by atoms with Gasteiger partial charge in [-0.2, -0.15) is 0 Å². The van der Waals surface area contributed by atoms with Gasteiger partial charge in [-0.3, -0.25) is 4.98 Å². The molecule has 0 aliphatic heterocycles. The highest BCUT2D eigenvalue weighted by atomic mass is 15.0. The van der Waals surface area contributed by atoms with E-state index < -0.39 is 0 Å². The van der Waals surface area contributed by atoms with E-state index >= 15 is 0 Å². The zero-order chi connectivity index (χ0) is 14.6. The normalized spacial score (nSPS) is 36.1. The fourth-order valence-electron chi connectivity index (χ4n) is 5.81. The van der Waals surface area contributed by atoms with E-state index in [0.29, 0.717) is 5.54 Å². The van der Waals surface area contributed by atoms with Crippen LogP contribution in [0.4, 0.5) is 0 Å². The maximum atomic E-state index is 4.83. The number of hydrogen-bond donors (Lipinski definition) is 1. The molecule has 1 aromatic carbocycles. The Morgan fingerprint density at radius 3 is 2.32 bits per heavy atom. The number of pyridine rings is 1. The second-order valence-electron chi connectivity index (χ2n) is 8.05. The number of fused-ring (bicyclic) bond motifs is 1. The van der Waals surface area contributed by atoms with Crippen molar-refractivity contribution in [3.05, 3.63) is 42.1 Å². The minimum Gasteiger partial charge on any atom is -0.306 e. The van der Waals surface area contributed by atoms with Crippen LogP contribution in [0.2, 0.25) is 0 Å². The predicted molar refractivity (Wildman–Crippen MR) is 89.5 cm³/mol. The lowest BCUT2D eigenvalue weighted by Crippen LogP contribution is -2.58. The molecule has 114 valence electrons. The summed E-state index contributed by atoms with van der Waals surface area (Å²) in [6.07, 6.45) is 8.76.